The van der Waals surface area contributed by atoms with Crippen LogP contribution < -0.4 is 4.90 Å². The number of hydrogen-bond donors (Lipinski definition) is 0. The highest BCUT2D eigenvalue weighted by molar-refractivity contribution is 7.89. The lowest BCUT2D eigenvalue weighted by atomic mass is 9.95. The molecule has 2 aliphatic rings. The van der Waals surface area contributed by atoms with Gasteiger partial charge in [-0.2, -0.15) is 4.31 Å². The van der Waals surface area contributed by atoms with Gasteiger partial charge in [0, 0.05) is 62.8 Å². The molecule has 1 aromatic carbocycles. The number of nitrogens with zero attached hydrogens (tertiary/aromatic N) is 4. The molecule has 0 spiro atoms. The van der Waals surface area contributed by atoms with Crippen LogP contribution in [0.3, 0.4) is 0 Å². The molecule has 31 heavy (non-hydrogen) atoms. The quantitative estimate of drug-likeness (QED) is 0.728. The van der Waals surface area contributed by atoms with E-state index in [2.05, 4.69) is 48.0 Å². The van der Waals surface area contributed by atoms with Gasteiger partial charge in [0.25, 0.3) is 0 Å². The number of anilines is 1. The lowest BCUT2D eigenvalue weighted by Gasteiger charge is -2.43. The summed E-state index contributed by atoms with van der Waals surface area (Å²) in [6.45, 7) is 7.18. The molecule has 2 aliphatic heterocycles. The number of hydrogen-bond acceptors (Lipinski definition) is 5. The van der Waals surface area contributed by atoms with Crippen LogP contribution in [0.4, 0.5) is 5.69 Å². The third kappa shape index (κ3) is 4.60. The van der Waals surface area contributed by atoms with Crippen LogP contribution in [0.5, 0.6) is 0 Å². The van der Waals surface area contributed by atoms with Gasteiger partial charge < -0.3 is 9.80 Å². The number of sulfonamides is 1. The van der Waals surface area contributed by atoms with E-state index < -0.39 is 10.0 Å². The van der Waals surface area contributed by atoms with E-state index in [0.29, 0.717) is 39.0 Å². The maximum Gasteiger partial charge on any atom is 0.244 e. The second-order valence-electron chi connectivity index (χ2n) is 8.53. The molecule has 8 heteroatoms. The number of pyridine rings is 1. The number of piperidine rings is 1. The zero-order valence-electron chi connectivity index (χ0n) is 18.1. The number of rotatable bonds is 4. The van der Waals surface area contributed by atoms with Crippen molar-refractivity contribution in [3.05, 3.63) is 54.4 Å². The topological polar surface area (TPSA) is 73.8 Å². The van der Waals surface area contributed by atoms with E-state index in [0.717, 1.165) is 6.54 Å². The van der Waals surface area contributed by atoms with Gasteiger partial charge in [-0.15, -0.1) is 0 Å². The number of aryl methyl sites for hydroxylation is 1. The molecule has 2 saturated heterocycles. The Kier molecular flexibility index (Phi) is 6.29. The van der Waals surface area contributed by atoms with Crippen LogP contribution in [0.15, 0.2) is 53.7 Å². The van der Waals surface area contributed by atoms with Crippen molar-refractivity contribution in [2.45, 2.75) is 37.6 Å². The molecule has 4 rings (SSSR count). The summed E-state index contributed by atoms with van der Waals surface area (Å²) < 4.78 is 27.0. The fourth-order valence-electron chi connectivity index (χ4n) is 4.53. The van der Waals surface area contributed by atoms with E-state index in [1.54, 1.807) is 18.3 Å². The third-order valence-electron chi connectivity index (χ3n) is 6.38. The van der Waals surface area contributed by atoms with E-state index in [1.807, 2.05) is 4.90 Å². The molecule has 1 aromatic heterocycles. The molecule has 3 heterocycles. The number of benzene rings is 1. The Balaban J connectivity index is 1.34. The minimum absolute atomic E-state index is 0.113. The molecule has 0 aliphatic carbocycles. The molecule has 1 atom stereocenters. The van der Waals surface area contributed by atoms with Crippen LogP contribution in [-0.2, 0) is 14.8 Å². The van der Waals surface area contributed by atoms with Crippen molar-refractivity contribution in [2.24, 2.45) is 5.92 Å². The molecule has 7 nitrogen and oxygen atoms in total. The van der Waals surface area contributed by atoms with Crippen LogP contribution in [0, 0.1) is 12.8 Å². The first kappa shape index (κ1) is 21.8. The standard InChI is InChI=1S/C23H30N4O3S/c1-18-5-7-21(8-6-18)27-15-14-25(17-19(27)2)23(28)20-9-12-26(13-10-20)31(29,30)22-4-3-11-24-16-22/h3-8,11,16,19-20H,9-10,12-15,17H2,1-2H3. The first-order valence-electron chi connectivity index (χ1n) is 10.9. The van der Waals surface area contributed by atoms with Crippen molar-refractivity contribution in [2.75, 3.05) is 37.6 Å². The Morgan fingerprint density at radius 3 is 2.35 bits per heavy atom. The Labute approximate surface area is 184 Å². The zero-order chi connectivity index (χ0) is 22.0. The van der Waals surface area contributed by atoms with Crippen molar-refractivity contribution in [3.63, 3.8) is 0 Å². The molecular weight excluding hydrogens is 412 g/mol. The van der Waals surface area contributed by atoms with E-state index in [9.17, 15) is 13.2 Å². The fourth-order valence-corrected chi connectivity index (χ4v) is 5.96. The van der Waals surface area contributed by atoms with E-state index in [-0.39, 0.29) is 22.8 Å². The Hall–Kier alpha value is -2.45. The second kappa shape index (κ2) is 8.96. The maximum atomic E-state index is 13.1. The number of carbonyl (C=O) groups is 1. The lowest BCUT2D eigenvalue weighted by molar-refractivity contribution is -0.137. The Morgan fingerprint density at radius 2 is 1.74 bits per heavy atom. The van der Waals surface area contributed by atoms with Crippen molar-refractivity contribution < 1.29 is 13.2 Å². The highest BCUT2D eigenvalue weighted by Crippen LogP contribution is 2.27. The van der Waals surface area contributed by atoms with Crippen molar-refractivity contribution >= 4 is 21.6 Å². The second-order valence-corrected chi connectivity index (χ2v) is 10.5. The normalized spacial score (nSPS) is 21.3. The summed E-state index contributed by atoms with van der Waals surface area (Å²) in [7, 11) is -3.55. The van der Waals surface area contributed by atoms with Gasteiger partial charge >= 0.3 is 0 Å². The molecule has 1 unspecified atom stereocenters. The van der Waals surface area contributed by atoms with Crippen molar-refractivity contribution in [1.82, 2.24) is 14.2 Å². The lowest BCUT2D eigenvalue weighted by Crippen LogP contribution is -2.55. The van der Waals surface area contributed by atoms with E-state index in [4.69, 9.17) is 0 Å². The average molecular weight is 443 g/mol. The van der Waals surface area contributed by atoms with Crippen LogP contribution >= 0.6 is 0 Å². The fraction of sp³-hybridized carbons (Fsp3) is 0.478. The molecular formula is C23H30N4O3S. The predicted octanol–water partition coefficient (Wildman–Crippen LogP) is 2.53. The number of piperazine rings is 1. The minimum atomic E-state index is -3.55. The van der Waals surface area contributed by atoms with Gasteiger partial charge in [0.1, 0.15) is 4.90 Å². The van der Waals surface area contributed by atoms with E-state index in [1.165, 1.54) is 21.8 Å². The smallest absolute Gasteiger partial charge is 0.244 e. The molecule has 2 fully saturated rings. The summed E-state index contributed by atoms with van der Waals surface area (Å²) in [5, 5.41) is 0. The summed E-state index contributed by atoms with van der Waals surface area (Å²) in [5.74, 6) is 0.0484. The van der Waals surface area contributed by atoms with Gasteiger partial charge in [-0.05, 0) is 51.0 Å². The van der Waals surface area contributed by atoms with Gasteiger partial charge in [-0.1, -0.05) is 17.7 Å². The van der Waals surface area contributed by atoms with Gasteiger partial charge in [0.2, 0.25) is 15.9 Å². The predicted molar refractivity (Wildman–Crippen MR) is 120 cm³/mol. The minimum Gasteiger partial charge on any atom is -0.365 e. The van der Waals surface area contributed by atoms with Gasteiger partial charge in [0.05, 0.1) is 0 Å². The van der Waals surface area contributed by atoms with E-state index >= 15 is 0 Å². The van der Waals surface area contributed by atoms with Crippen LogP contribution in [0.1, 0.15) is 25.3 Å². The van der Waals surface area contributed by atoms with Gasteiger partial charge in [-0.25, -0.2) is 8.42 Å². The Morgan fingerprint density at radius 1 is 1.03 bits per heavy atom. The molecule has 0 N–H and O–H groups in total. The highest BCUT2D eigenvalue weighted by atomic mass is 32.2. The maximum absolute atomic E-state index is 13.1. The molecule has 0 saturated carbocycles. The first-order valence-corrected chi connectivity index (χ1v) is 12.3. The molecule has 1 amide bonds. The van der Waals surface area contributed by atoms with Crippen molar-refractivity contribution in [3.8, 4) is 0 Å². The number of aromatic nitrogens is 1. The van der Waals surface area contributed by atoms with Gasteiger partial charge in [0.15, 0.2) is 0 Å². The largest absolute Gasteiger partial charge is 0.365 e. The van der Waals surface area contributed by atoms with Gasteiger partial charge in [-0.3, -0.25) is 9.78 Å². The first-order chi connectivity index (χ1) is 14.9. The highest BCUT2D eigenvalue weighted by Gasteiger charge is 2.35. The van der Waals surface area contributed by atoms with Crippen LogP contribution in [0.25, 0.3) is 0 Å². The number of carbonyl (C=O) groups excluding carboxylic acids is 1. The van der Waals surface area contributed by atoms with Crippen LogP contribution in [0.2, 0.25) is 0 Å². The molecule has 0 bridgehead atoms. The SMILES string of the molecule is Cc1ccc(N2CCN(C(=O)C3CCN(S(=O)(=O)c4cccnc4)CC3)CC2C)cc1. The molecule has 166 valence electrons. The number of amides is 1. The summed E-state index contributed by atoms with van der Waals surface area (Å²) in [6, 6.07) is 11.9. The zero-order valence-corrected chi connectivity index (χ0v) is 19.0. The summed E-state index contributed by atoms with van der Waals surface area (Å²) in [5.41, 5.74) is 2.43. The molecule has 2 aromatic rings. The summed E-state index contributed by atoms with van der Waals surface area (Å²) >= 11 is 0. The summed E-state index contributed by atoms with van der Waals surface area (Å²) in [4.78, 5) is 21.6. The molecule has 0 radical (unpaired) electrons. The summed E-state index contributed by atoms with van der Waals surface area (Å²) in [6.07, 6.45) is 4.06. The Bertz CT molecular complexity index is 1000. The monoisotopic (exact) mass is 442 g/mol. The average Bonchev–Trinajstić information content (AvgIpc) is 2.80. The van der Waals surface area contributed by atoms with Crippen LogP contribution in [-0.4, -0.2) is 67.3 Å². The third-order valence-corrected chi connectivity index (χ3v) is 8.26. The van der Waals surface area contributed by atoms with Crippen molar-refractivity contribution in [1.29, 1.82) is 0 Å².